The van der Waals surface area contributed by atoms with Crippen molar-refractivity contribution >= 4 is 29.1 Å². The van der Waals surface area contributed by atoms with Crippen LogP contribution in [-0.4, -0.2) is 23.6 Å². The Morgan fingerprint density at radius 1 is 1.33 bits per heavy atom. The fraction of sp³-hybridized carbons (Fsp3) is 0.333. The summed E-state index contributed by atoms with van der Waals surface area (Å²) in [6.45, 7) is 4.90. The number of methoxy groups -OCH3 is 1. The van der Waals surface area contributed by atoms with Gasteiger partial charge in [0.25, 0.3) is 0 Å². The van der Waals surface area contributed by atoms with Gasteiger partial charge in [-0.2, -0.15) is 4.98 Å². The summed E-state index contributed by atoms with van der Waals surface area (Å²) in [4.78, 5) is 8.55. The van der Waals surface area contributed by atoms with Gasteiger partial charge in [0.2, 0.25) is 5.95 Å². The zero-order valence-electron chi connectivity index (χ0n) is 12.4. The van der Waals surface area contributed by atoms with Gasteiger partial charge in [-0.25, -0.2) is 4.98 Å². The lowest BCUT2D eigenvalue weighted by molar-refractivity contribution is 0.414. The Morgan fingerprint density at radius 2 is 2.14 bits per heavy atom. The van der Waals surface area contributed by atoms with Crippen LogP contribution in [0.15, 0.2) is 24.4 Å². The molecule has 2 rings (SSSR count). The Morgan fingerprint density at radius 3 is 2.81 bits per heavy atom. The molecule has 5 nitrogen and oxygen atoms in total. The van der Waals surface area contributed by atoms with E-state index in [4.69, 9.17) is 16.3 Å². The minimum atomic E-state index is 0.479. The topological polar surface area (TPSA) is 59.1 Å². The highest BCUT2D eigenvalue weighted by atomic mass is 35.5. The second kappa shape index (κ2) is 7.13. The van der Waals surface area contributed by atoms with Crippen LogP contribution in [0.25, 0.3) is 0 Å². The highest BCUT2D eigenvalue weighted by molar-refractivity contribution is 6.32. The number of halogens is 1. The van der Waals surface area contributed by atoms with Gasteiger partial charge in [0, 0.05) is 12.2 Å². The molecule has 6 heteroatoms. The summed E-state index contributed by atoms with van der Waals surface area (Å²) in [6, 6.07) is 5.78. The zero-order chi connectivity index (χ0) is 15.2. The SMILES string of the molecule is CCCNc1ncc(Cl)c(Nc2ccc(OC)cc2C)n1. The average molecular weight is 307 g/mol. The molecule has 0 saturated carbocycles. The molecular formula is C15H19ClN4O. The molecule has 2 aromatic rings. The third-order valence-corrected chi connectivity index (χ3v) is 3.24. The molecule has 0 fully saturated rings. The van der Waals surface area contributed by atoms with Crippen LogP contribution < -0.4 is 15.4 Å². The van der Waals surface area contributed by atoms with E-state index in [1.165, 1.54) is 0 Å². The van der Waals surface area contributed by atoms with Crippen LogP contribution in [0.1, 0.15) is 18.9 Å². The molecule has 0 aliphatic heterocycles. The molecule has 0 aliphatic carbocycles. The second-order valence-corrected chi connectivity index (χ2v) is 5.03. The minimum absolute atomic E-state index is 0.479. The Bertz CT molecular complexity index is 619. The number of aromatic nitrogens is 2. The van der Waals surface area contributed by atoms with Crippen LogP contribution in [-0.2, 0) is 0 Å². The summed E-state index contributed by atoms with van der Waals surface area (Å²) in [6.07, 6.45) is 2.60. The third-order valence-electron chi connectivity index (χ3n) is 2.96. The number of aryl methyl sites for hydroxylation is 1. The normalized spacial score (nSPS) is 10.3. The van der Waals surface area contributed by atoms with Gasteiger partial charge in [0.15, 0.2) is 5.82 Å². The van der Waals surface area contributed by atoms with Crippen LogP contribution >= 0.6 is 11.6 Å². The number of nitrogens with one attached hydrogen (secondary N) is 2. The van der Waals surface area contributed by atoms with E-state index in [0.29, 0.717) is 16.8 Å². The molecule has 0 aliphatic rings. The maximum atomic E-state index is 6.15. The van der Waals surface area contributed by atoms with Gasteiger partial charge in [0.1, 0.15) is 10.8 Å². The molecule has 0 amide bonds. The maximum Gasteiger partial charge on any atom is 0.224 e. The number of benzene rings is 1. The molecule has 2 N–H and O–H groups in total. The van der Waals surface area contributed by atoms with Gasteiger partial charge in [-0.15, -0.1) is 0 Å². The number of rotatable bonds is 6. The van der Waals surface area contributed by atoms with E-state index in [1.54, 1.807) is 13.3 Å². The van der Waals surface area contributed by atoms with Crippen molar-refractivity contribution in [1.29, 1.82) is 0 Å². The molecule has 0 saturated heterocycles. The van der Waals surface area contributed by atoms with Gasteiger partial charge in [-0.3, -0.25) is 0 Å². The monoisotopic (exact) mass is 306 g/mol. The first-order valence-corrected chi connectivity index (χ1v) is 7.20. The Kier molecular flexibility index (Phi) is 5.22. The maximum absolute atomic E-state index is 6.15. The van der Waals surface area contributed by atoms with E-state index in [1.807, 2.05) is 25.1 Å². The van der Waals surface area contributed by atoms with Crippen molar-refractivity contribution in [2.45, 2.75) is 20.3 Å². The summed E-state index contributed by atoms with van der Waals surface area (Å²) < 4.78 is 5.20. The highest BCUT2D eigenvalue weighted by Crippen LogP contribution is 2.27. The van der Waals surface area contributed by atoms with E-state index in [-0.39, 0.29) is 0 Å². The average Bonchev–Trinajstić information content (AvgIpc) is 2.49. The van der Waals surface area contributed by atoms with Crippen molar-refractivity contribution in [2.75, 3.05) is 24.3 Å². The molecule has 0 spiro atoms. The lowest BCUT2D eigenvalue weighted by Crippen LogP contribution is -2.06. The van der Waals surface area contributed by atoms with Crippen molar-refractivity contribution in [2.24, 2.45) is 0 Å². The van der Waals surface area contributed by atoms with Crippen molar-refractivity contribution < 1.29 is 4.74 Å². The van der Waals surface area contributed by atoms with Gasteiger partial charge in [0.05, 0.1) is 13.3 Å². The summed E-state index contributed by atoms with van der Waals surface area (Å²) in [5.41, 5.74) is 1.98. The first kappa shape index (κ1) is 15.4. The standard InChI is InChI=1S/C15H19ClN4O/c1-4-7-17-15-18-9-12(16)14(20-15)19-13-6-5-11(21-3)8-10(13)2/h5-6,8-9H,4,7H2,1-3H3,(H2,17,18,19,20). The lowest BCUT2D eigenvalue weighted by Gasteiger charge is -2.12. The number of anilines is 3. The van der Waals surface area contributed by atoms with Gasteiger partial charge < -0.3 is 15.4 Å². The number of hydrogen-bond donors (Lipinski definition) is 2. The molecule has 1 heterocycles. The molecule has 1 aromatic carbocycles. The van der Waals surface area contributed by atoms with Crippen molar-refractivity contribution in [1.82, 2.24) is 9.97 Å². The first-order chi connectivity index (χ1) is 10.1. The highest BCUT2D eigenvalue weighted by Gasteiger charge is 2.08. The van der Waals surface area contributed by atoms with Gasteiger partial charge in [-0.1, -0.05) is 18.5 Å². The number of ether oxygens (including phenoxy) is 1. The van der Waals surface area contributed by atoms with Crippen LogP contribution in [0.5, 0.6) is 5.75 Å². The molecule has 0 bridgehead atoms. The molecule has 1 aromatic heterocycles. The third kappa shape index (κ3) is 3.98. The van der Waals surface area contributed by atoms with Crippen LogP contribution in [0, 0.1) is 6.92 Å². The summed E-state index contributed by atoms with van der Waals surface area (Å²) >= 11 is 6.15. The van der Waals surface area contributed by atoms with E-state index in [9.17, 15) is 0 Å². The number of hydrogen-bond acceptors (Lipinski definition) is 5. The summed E-state index contributed by atoms with van der Waals surface area (Å²) in [7, 11) is 1.65. The minimum Gasteiger partial charge on any atom is -0.497 e. The predicted octanol–water partition coefficient (Wildman–Crippen LogP) is 4.01. The van der Waals surface area contributed by atoms with E-state index < -0.39 is 0 Å². The Labute approximate surface area is 129 Å². The lowest BCUT2D eigenvalue weighted by atomic mass is 10.2. The number of nitrogens with zero attached hydrogens (tertiary/aromatic N) is 2. The molecular weight excluding hydrogens is 288 g/mol. The van der Waals surface area contributed by atoms with Crippen molar-refractivity contribution in [3.8, 4) is 5.75 Å². The fourth-order valence-electron chi connectivity index (χ4n) is 1.81. The Hall–Kier alpha value is -2.01. The fourth-order valence-corrected chi connectivity index (χ4v) is 1.95. The van der Waals surface area contributed by atoms with Gasteiger partial charge >= 0.3 is 0 Å². The summed E-state index contributed by atoms with van der Waals surface area (Å²) in [5, 5.41) is 6.85. The zero-order valence-corrected chi connectivity index (χ0v) is 13.2. The van der Waals surface area contributed by atoms with E-state index >= 15 is 0 Å². The smallest absolute Gasteiger partial charge is 0.224 e. The van der Waals surface area contributed by atoms with Crippen LogP contribution in [0.4, 0.5) is 17.5 Å². The van der Waals surface area contributed by atoms with E-state index in [0.717, 1.165) is 30.0 Å². The molecule has 21 heavy (non-hydrogen) atoms. The largest absolute Gasteiger partial charge is 0.497 e. The molecule has 0 unspecified atom stereocenters. The van der Waals surface area contributed by atoms with E-state index in [2.05, 4.69) is 27.5 Å². The van der Waals surface area contributed by atoms with Crippen molar-refractivity contribution in [3.63, 3.8) is 0 Å². The van der Waals surface area contributed by atoms with Crippen LogP contribution in [0.3, 0.4) is 0 Å². The second-order valence-electron chi connectivity index (χ2n) is 4.62. The molecule has 112 valence electrons. The van der Waals surface area contributed by atoms with Gasteiger partial charge in [-0.05, 0) is 37.1 Å². The molecule has 0 atom stereocenters. The van der Waals surface area contributed by atoms with Crippen molar-refractivity contribution in [3.05, 3.63) is 35.0 Å². The Balaban J connectivity index is 2.22. The van der Waals surface area contributed by atoms with Crippen LogP contribution in [0.2, 0.25) is 5.02 Å². The first-order valence-electron chi connectivity index (χ1n) is 6.82. The predicted molar refractivity (Wildman–Crippen MR) is 86.8 cm³/mol. The quantitative estimate of drug-likeness (QED) is 0.844. The summed E-state index contributed by atoms with van der Waals surface area (Å²) in [5.74, 6) is 1.96. The molecule has 0 radical (unpaired) electrons.